The molecule has 1 unspecified atom stereocenters. The van der Waals surface area contributed by atoms with Crippen molar-refractivity contribution in [1.82, 2.24) is 15.5 Å². The maximum absolute atomic E-state index is 11.4. The van der Waals surface area contributed by atoms with E-state index in [1.165, 1.54) is 0 Å². The summed E-state index contributed by atoms with van der Waals surface area (Å²) in [6.45, 7) is 1.39. The molecule has 2 aliphatic rings. The first-order chi connectivity index (χ1) is 7.63. The van der Waals surface area contributed by atoms with Crippen molar-refractivity contribution in [2.75, 3.05) is 19.6 Å². The molecule has 0 aromatic carbocycles. The van der Waals surface area contributed by atoms with Crippen molar-refractivity contribution >= 4 is 11.9 Å². The van der Waals surface area contributed by atoms with Crippen LogP contribution in [0.15, 0.2) is 0 Å². The number of carbonyl (C=O) groups is 2. The first kappa shape index (κ1) is 11.3. The van der Waals surface area contributed by atoms with E-state index in [0.29, 0.717) is 19.5 Å². The Hall–Kier alpha value is -1.14. The van der Waals surface area contributed by atoms with Crippen molar-refractivity contribution in [2.24, 2.45) is 0 Å². The lowest BCUT2D eigenvalue weighted by Gasteiger charge is -2.13. The summed E-state index contributed by atoms with van der Waals surface area (Å²) in [5.41, 5.74) is 0. The molecule has 2 rings (SSSR count). The van der Waals surface area contributed by atoms with E-state index in [9.17, 15) is 14.7 Å². The predicted octanol–water partition coefficient (Wildman–Crippen LogP) is -0.959. The van der Waals surface area contributed by atoms with E-state index in [-0.39, 0.29) is 24.6 Å². The number of nitrogens with zero attached hydrogens (tertiary/aromatic N) is 1. The molecule has 6 nitrogen and oxygen atoms in total. The van der Waals surface area contributed by atoms with Crippen molar-refractivity contribution in [1.29, 1.82) is 0 Å². The van der Waals surface area contributed by atoms with Gasteiger partial charge < -0.3 is 10.4 Å². The molecule has 3 N–H and O–H groups in total. The molecular formula is C10H17N3O3. The fourth-order valence-corrected chi connectivity index (χ4v) is 1.77. The number of carbonyl (C=O) groups excluding carboxylic acids is 2. The molecule has 0 aromatic rings. The average molecular weight is 227 g/mol. The van der Waals surface area contributed by atoms with Gasteiger partial charge >= 0.3 is 6.03 Å². The largest absolute Gasteiger partial charge is 0.392 e. The second-order valence-corrected chi connectivity index (χ2v) is 4.47. The molecule has 1 atom stereocenters. The number of hydrogen-bond acceptors (Lipinski definition) is 4. The number of likely N-dealkylation sites (tertiary alicyclic amines) is 1. The molecule has 0 radical (unpaired) electrons. The van der Waals surface area contributed by atoms with Gasteiger partial charge in [0.05, 0.1) is 12.6 Å². The lowest BCUT2D eigenvalue weighted by atomic mass is 10.3. The zero-order chi connectivity index (χ0) is 11.5. The normalized spacial score (nSPS) is 25.4. The maximum atomic E-state index is 11.4. The minimum atomic E-state index is -0.410. The SMILES string of the molecule is O=C(CN1CCC(O)C1)NC(=O)NC1CC1. The van der Waals surface area contributed by atoms with Crippen LogP contribution in [-0.2, 0) is 4.79 Å². The van der Waals surface area contributed by atoms with Gasteiger partial charge in [0.2, 0.25) is 5.91 Å². The summed E-state index contributed by atoms with van der Waals surface area (Å²) in [7, 11) is 0. The van der Waals surface area contributed by atoms with E-state index < -0.39 is 6.03 Å². The summed E-state index contributed by atoms with van der Waals surface area (Å²) >= 11 is 0. The minimum Gasteiger partial charge on any atom is -0.392 e. The van der Waals surface area contributed by atoms with Crippen molar-refractivity contribution in [2.45, 2.75) is 31.4 Å². The summed E-state index contributed by atoms with van der Waals surface area (Å²) in [5.74, 6) is -0.313. The molecule has 1 heterocycles. The average Bonchev–Trinajstić information content (AvgIpc) is 2.89. The fourth-order valence-electron chi connectivity index (χ4n) is 1.77. The van der Waals surface area contributed by atoms with Crippen LogP contribution in [-0.4, -0.2) is 53.7 Å². The quantitative estimate of drug-likeness (QED) is 0.580. The third-order valence-electron chi connectivity index (χ3n) is 2.78. The van der Waals surface area contributed by atoms with Gasteiger partial charge in [0, 0.05) is 19.1 Å². The number of aliphatic hydroxyl groups is 1. The van der Waals surface area contributed by atoms with Gasteiger partial charge in [0.1, 0.15) is 0 Å². The highest BCUT2D eigenvalue weighted by atomic mass is 16.3. The molecule has 3 amide bonds. The molecular weight excluding hydrogens is 210 g/mol. The Balaban J connectivity index is 1.65. The summed E-state index contributed by atoms with van der Waals surface area (Å²) in [6.07, 6.45) is 2.36. The Kier molecular flexibility index (Phi) is 3.40. The number of urea groups is 1. The van der Waals surface area contributed by atoms with E-state index in [1.54, 1.807) is 0 Å². The highest BCUT2D eigenvalue weighted by molar-refractivity contribution is 5.95. The smallest absolute Gasteiger partial charge is 0.321 e. The van der Waals surface area contributed by atoms with Gasteiger partial charge in [0.15, 0.2) is 0 Å². The molecule has 90 valence electrons. The van der Waals surface area contributed by atoms with Crippen molar-refractivity contribution in [3.05, 3.63) is 0 Å². The number of rotatable bonds is 3. The van der Waals surface area contributed by atoms with Gasteiger partial charge in [-0.15, -0.1) is 0 Å². The lowest BCUT2D eigenvalue weighted by Crippen LogP contribution is -2.44. The van der Waals surface area contributed by atoms with E-state index in [1.807, 2.05) is 4.90 Å². The van der Waals surface area contributed by atoms with Gasteiger partial charge in [-0.1, -0.05) is 0 Å². The number of imide groups is 1. The molecule has 2 fully saturated rings. The molecule has 6 heteroatoms. The Morgan fingerprint density at radius 1 is 1.31 bits per heavy atom. The Morgan fingerprint density at radius 2 is 2.06 bits per heavy atom. The van der Waals surface area contributed by atoms with Crippen molar-refractivity contribution < 1.29 is 14.7 Å². The van der Waals surface area contributed by atoms with Crippen LogP contribution in [0.1, 0.15) is 19.3 Å². The number of nitrogens with one attached hydrogen (secondary N) is 2. The molecule has 1 saturated carbocycles. The van der Waals surface area contributed by atoms with E-state index in [0.717, 1.165) is 12.8 Å². The Morgan fingerprint density at radius 3 is 2.62 bits per heavy atom. The summed E-state index contributed by atoms with van der Waals surface area (Å²) in [6, 6.07) is -0.159. The molecule has 1 aliphatic carbocycles. The van der Waals surface area contributed by atoms with Crippen LogP contribution >= 0.6 is 0 Å². The molecule has 0 aromatic heterocycles. The highest BCUT2D eigenvalue weighted by Gasteiger charge is 2.25. The molecule has 1 aliphatic heterocycles. The fraction of sp³-hybridized carbons (Fsp3) is 0.800. The number of aliphatic hydroxyl groups excluding tert-OH is 1. The first-order valence-corrected chi connectivity index (χ1v) is 5.64. The topological polar surface area (TPSA) is 81.7 Å². The second-order valence-electron chi connectivity index (χ2n) is 4.47. The van der Waals surface area contributed by atoms with Gasteiger partial charge in [-0.05, 0) is 19.3 Å². The van der Waals surface area contributed by atoms with Crippen LogP contribution < -0.4 is 10.6 Å². The number of β-amino-alcohol motifs (C(OH)–C–C–N with tert-alkyl or cyclic N) is 1. The third-order valence-corrected chi connectivity index (χ3v) is 2.78. The monoisotopic (exact) mass is 227 g/mol. The van der Waals surface area contributed by atoms with Crippen molar-refractivity contribution in [3.63, 3.8) is 0 Å². The van der Waals surface area contributed by atoms with Crippen LogP contribution in [0.25, 0.3) is 0 Å². The summed E-state index contributed by atoms with van der Waals surface area (Å²) in [4.78, 5) is 24.5. The Labute approximate surface area is 94.0 Å². The first-order valence-electron chi connectivity index (χ1n) is 5.64. The number of amides is 3. The zero-order valence-corrected chi connectivity index (χ0v) is 9.11. The van der Waals surface area contributed by atoms with E-state index in [2.05, 4.69) is 10.6 Å². The minimum absolute atomic E-state index is 0.176. The summed E-state index contributed by atoms with van der Waals surface area (Å²) in [5, 5.41) is 14.2. The van der Waals surface area contributed by atoms with Crippen LogP contribution in [0.3, 0.4) is 0 Å². The molecule has 0 bridgehead atoms. The van der Waals surface area contributed by atoms with E-state index in [4.69, 9.17) is 0 Å². The van der Waals surface area contributed by atoms with Crippen LogP contribution in [0.2, 0.25) is 0 Å². The molecule has 0 spiro atoms. The maximum Gasteiger partial charge on any atom is 0.321 e. The van der Waals surface area contributed by atoms with Crippen LogP contribution in [0.4, 0.5) is 4.79 Å². The number of hydrogen-bond donors (Lipinski definition) is 3. The lowest BCUT2D eigenvalue weighted by molar-refractivity contribution is -0.121. The van der Waals surface area contributed by atoms with Crippen molar-refractivity contribution in [3.8, 4) is 0 Å². The standard InChI is InChI=1S/C10H17N3O3/c14-8-3-4-13(5-8)6-9(15)12-10(16)11-7-1-2-7/h7-8,14H,1-6H2,(H2,11,12,15,16). The van der Waals surface area contributed by atoms with E-state index >= 15 is 0 Å². The van der Waals surface area contributed by atoms with Gasteiger partial charge in [0.25, 0.3) is 0 Å². The predicted molar refractivity (Wildman–Crippen MR) is 56.8 cm³/mol. The summed E-state index contributed by atoms with van der Waals surface area (Å²) < 4.78 is 0. The second kappa shape index (κ2) is 4.80. The van der Waals surface area contributed by atoms with Gasteiger partial charge in [-0.25, -0.2) is 4.79 Å². The van der Waals surface area contributed by atoms with Gasteiger partial charge in [-0.3, -0.25) is 15.0 Å². The van der Waals surface area contributed by atoms with Crippen LogP contribution in [0.5, 0.6) is 0 Å². The molecule has 16 heavy (non-hydrogen) atoms. The Bertz CT molecular complexity index is 291. The highest BCUT2D eigenvalue weighted by Crippen LogP contribution is 2.18. The third kappa shape index (κ3) is 3.46. The van der Waals surface area contributed by atoms with Crippen LogP contribution in [0, 0.1) is 0 Å². The van der Waals surface area contributed by atoms with Gasteiger partial charge in [-0.2, -0.15) is 0 Å². The molecule has 1 saturated heterocycles. The zero-order valence-electron chi connectivity index (χ0n) is 9.11.